The maximum absolute atomic E-state index is 5.84. The Morgan fingerprint density at radius 3 is 1.14 bits per heavy atom. The Morgan fingerprint density at radius 2 is 0.786 bits per heavy atom. The lowest BCUT2D eigenvalue weighted by molar-refractivity contribution is 0.415. The molecule has 0 aliphatic rings. The van der Waals surface area contributed by atoms with Gasteiger partial charge in [-0.1, -0.05) is 83.5 Å². The van der Waals surface area contributed by atoms with E-state index in [1.807, 2.05) is 90.1 Å². The average molecular weight is 381 g/mol. The highest BCUT2D eigenvalue weighted by Gasteiger charge is 2.01. The zero-order chi connectivity index (χ0) is 21.4. The molecule has 0 fully saturated rings. The molecule has 0 saturated carbocycles. The third kappa shape index (κ3) is 8.30. The molecule has 0 atom stereocenters. The van der Waals surface area contributed by atoms with Gasteiger partial charge in [-0.15, -0.1) is 0 Å². The summed E-state index contributed by atoms with van der Waals surface area (Å²) < 4.78 is 11.0. The minimum absolute atomic E-state index is 0.834. The Morgan fingerprint density at radius 1 is 0.464 bits per heavy atom. The summed E-state index contributed by atoms with van der Waals surface area (Å²) in [5.41, 5.74) is 3.53. The van der Waals surface area contributed by atoms with Crippen LogP contribution in [-0.2, 0) is 0 Å². The summed E-state index contributed by atoms with van der Waals surface area (Å²) in [6.07, 6.45) is 0. The standard InChI is InChI=1S/C20H18O2.3C2H6/c1-15-3-9-19(10-4-15)22-20-13-7-17(8-14-20)16-5-11-18(21-2)12-6-16;3*1-2/h3-14H,1-2H3;3*1-2H3. The molecule has 3 aromatic rings. The van der Waals surface area contributed by atoms with Gasteiger partial charge in [0.1, 0.15) is 17.2 Å². The fraction of sp³-hybridized carbons (Fsp3) is 0.308. The van der Waals surface area contributed by atoms with Gasteiger partial charge < -0.3 is 9.47 Å². The molecule has 0 aliphatic carbocycles. The van der Waals surface area contributed by atoms with Crippen LogP contribution in [0.4, 0.5) is 0 Å². The first-order valence-corrected chi connectivity index (χ1v) is 10.2. The molecule has 2 heteroatoms. The summed E-state index contributed by atoms with van der Waals surface area (Å²) in [6, 6.07) is 24.2. The Kier molecular flexibility index (Phi) is 13.8. The first-order chi connectivity index (χ1) is 13.7. The van der Waals surface area contributed by atoms with Gasteiger partial charge in [0.15, 0.2) is 0 Å². The van der Waals surface area contributed by atoms with Gasteiger partial charge in [-0.2, -0.15) is 0 Å². The lowest BCUT2D eigenvalue weighted by atomic mass is 10.1. The van der Waals surface area contributed by atoms with Crippen molar-refractivity contribution in [1.29, 1.82) is 0 Å². The highest BCUT2D eigenvalue weighted by atomic mass is 16.5. The van der Waals surface area contributed by atoms with Crippen molar-refractivity contribution >= 4 is 0 Å². The highest BCUT2D eigenvalue weighted by molar-refractivity contribution is 5.65. The van der Waals surface area contributed by atoms with Gasteiger partial charge in [0.25, 0.3) is 0 Å². The molecule has 0 saturated heterocycles. The monoisotopic (exact) mass is 380 g/mol. The molecular formula is C26H36O2. The smallest absolute Gasteiger partial charge is 0.127 e. The second-order valence-electron chi connectivity index (χ2n) is 5.17. The molecule has 0 amide bonds. The highest BCUT2D eigenvalue weighted by Crippen LogP contribution is 2.27. The third-order valence-electron chi connectivity index (χ3n) is 3.53. The zero-order valence-electron chi connectivity index (χ0n) is 18.7. The molecule has 0 spiro atoms. The Labute approximate surface area is 172 Å². The Bertz CT molecular complexity index is 727. The molecule has 3 rings (SSSR count). The van der Waals surface area contributed by atoms with Gasteiger partial charge in [0.2, 0.25) is 0 Å². The van der Waals surface area contributed by atoms with E-state index in [9.17, 15) is 0 Å². The van der Waals surface area contributed by atoms with Crippen LogP contribution in [0.5, 0.6) is 17.2 Å². The van der Waals surface area contributed by atoms with Gasteiger partial charge in [-0.25, -0.2) is 0 Å². The molecule has 0 N–H and O–H groups in total. The van der Waals surface area contributed by atoms with Crippen LogP contribution >= 0.6 is 0 Å². The second-order valence-corrected chi connectivity index (χ2v) is 5.17. The minimum Gasteiger partial charge on any atom is -0.497 e. The molecular weight excluding hydrogens is 344 g/mol. The van der Waals surface area contributed by atoms with E-state index in [-0.39, 0.29) is 0 Å². The van der Waals surface area contributed by atoms with E-state index in [0.29, 0.717) is 0 Å². The van der Waals surface area contributed by atoms with Crippen LogP contribution in [-0.4, -0.2) is 7.11 Å². The number of benzene rings is 3. The van der Waals surface area contributed by atoms with Crippen molar-refractivity contribution in [3.8, 4) is 28.4 Å². The van der Waals surface area contributed by atoms with Gasteiger partial charge in [0.05, 0.1) is 7.11 Å². The van der Waals surface area contributed by atoms with Crippen LogP contribution in [0.15, 0.2) is 72.8 Å². The first kappa shape index (κ1) is 25.3. The second kappa shape index (κ2) is 15.3. The van der Waals surface area contributed by atoms with Crippen molar-refractivity contribution in [3.05, 3.63) is 78.4 Å². The van der Waals surface area contributed by atoms with Crippen molar-refractivity contribution < 1.29 is 9.47 Å². The van der Waals surface area contributed by atoms with Crippen LogP contribution in [0, 0.1) is 6.92 Å². The van der Waals surface area contributed by atoms with Crippen molar-refractivity contribution in [2.24, 2.45) is 0 Å². The van der Waals surface area contributed by atoms with E-state index >= 15 is 0 Å². The summed E-state index contributed by atoms with van der Waals surface area (Å²) in [4.78, 5) is 0. The summed E-state index contributed by atoms with van der Waals surface area (Å²) in [5.74, 6) is 2.55. The van der Waals surface area contributed by atoms with Crippen LogP contribution in [0.1, 0.15) is 47.1 Å². The topological polar surface area (TPSA) is 18.5 Å². The quantitative estimate of drug-likeness (QED) is 0.451. The molecule has 3 aromatic carbocycles. The number of ether oxygens (including phenoxy) is 2. The van der Waals surface area contributed by atoms with Crippen molar-refractivity contribution in [1.82, 2.24) is 0 Å². The molecule has 152 valence electrons. The lowest BCUT2D eigenvalue weighted by Crippen LogP contribution is -1.85. The number of rotatable bonds is 4. The minimum atomic E-state index is 0.834. The lowest BCUT2D eigenvalue weighted by Gasteiger charge is -2.08. The predicted molar refractivity (Wildman–Crippen MR) is 124 cm³/mol. The molecule has 28 heavy (non-hydrogen) atoms. The number of hydrogen-bond donors (Lipinski definition) is 0. The van der Waals surface area contributed by atoms with Gasteiger partial charge >= 0.3 is 0 Å². The van der Waals surface area contributed by atoms with Crippen molar-refractivity contribution in [2.45, 2.75) is 48.5 Å². The van der Waals surface area contributed by atoms with E-state index in [4.69, 9.17) is 9.47 Å². The van der Waals surface area contributed by atoms with E-state index in [1.54, 1.807) is 7.11 Å². The molecule has 0 aromatic heterocycles. The maximum atomic E-state index is 5.84. The normalized spacial score (nSPS) is 8.71. The van der Waals surface area contributed by atoms with Crippen molar-refractivity contribution in [2.75, 3.05) is 7.11 Å². The average Bonchev–Trinajstić information content (AvgIpc) is 2.80. The number of hydrogen-bond acceptors (Lipinski definition) is 2. The van der Waals surface area contributed by atoms with E-state index in [1.165, 1.54) is 5.56 Å². The predicted octanol–water partition coefficient (Wildman–Crippen LogP) is 8.54. The Hall–Kier alpha value is -2.74. The van der Waals surface area contributed by atoms with Gasteiger partial charge in [0, 0.05) is 0 Å². The molecule has 0 unspecified atom stereocenters. The van der Waals surface area contributed by atoms with Crippen LogP contribution in [0.25, 0.3) is 11.1 Å². The molecule has 0 bridgehead atoms. The molecule has 0 radical (unpaired) electrons. The summed E-state index contributed by atoms with van der Waals surface area (Å²) in [6.45, 7) is 14.1. The van der Waals surface area contributed by atoms with Crippen LogP contribution in [0.2, 0.25) is 0 Å². The first-order valence-electron chi connectivity index (χ1n) is 10.2. The number of aryl methyl sites for hydroxylation is 1. The van der Waals surface area contributed by atoms with Crippen molar-refractivity contribution in [3.63, 3.8) is 0 Å². The summed E-state index contributed by atoms with van der Waals surface area (Å²) in [5, 5.41) is 0. The molecule has 2 nitrogen and oxygen atoms in total. The fourth-order valence-corrected chi connectivity index (χ4v) is 2.24. The number of methoxy groups -OCH3 is 1. The Balaban J connectivity index is 0.00000111. The van der Waals surface area contributed by atoms with E-state index in [0.717, 1.165) is 28.4 Å². The van der Waals surface area contributed by atoms with Crippen LogP contribution in [0.3, 0.4) is 0 Å². The SMILES string of the molecule is CC.CC.CC.COc1ccc(-c2ccc(Oc3ccc(C)cc3)cc2)cc1. The molecule has 0 aliphatic heterocycles. The molecule has 0 heterocycles. The summed E-state index contributed by atoms with van der Waals surface area (Å²) in [7, 11) is 1.67. The maximum Gasteiger partial charge on any atom is 0.127 e. The van der Waals surface area contributed by atoms with E-state index in [2.05, 4.69) is 31.2 Å². The zero-order valence-corrected chi connectivity index (χ0v) is 18.7. The van der Waals surface area contributed by atoms with Gasteiger partial charge in [-0.3, -0.25) is 0 Å². The van der Waals surface area contributed by atoms with Gasteiger partial charge in [-0.05, 0) is 54.4 Å². The largest absolute Gasteiger partial charge is 0.497 e. The summed E-state index contributed by atoms with van der Waals surface area (Å²) >= 11 is 0. The van der Waals surface area contributed by atoms with Crippen LogP contribution < -0.4 is 9.47 Å². The third-order valence-corrected chi connectivity index (χ3v) is 3.53. The van der Waals surface area contributed by atoms with E-state index < -0.39 is 0 Å². The fourth-order valence-electron chi connectivity index (χ4n) is 2.24.